The minimum atomic E-state index is -4.79. The van der Waals surface area contributed by atoms with Gasteiger partial charge in [0.2, 0.25) is 5.95 Å². The van der Waals surface area contributed by atoms with Crippen molar-refractivity contribution in [3.8, 4) is 5.75 Å². The number of imidazole rings is 1. The van der Waals surface area contributed by atoms with Crippen molar-refractivity contribution in [1.29, 1.82) is 0 Å². The number of carbonyl (C=O) groups excluding carboxylic acids is 1. The third kappa shape index (κ3) is 4.86. The van der Waals surface area contributed by atoms with Gasteiger partial charge in [-0.05, 0) is 39.1 Å². The number of benzene rings is 2. The van der Waals surface area contributed by atoms with E-state index in [-0.39, 0.29) is 22.9 Å². The summed E-state index contributed by atoms with van der Waals surface area (Å²) in [5.41, 5.74) is 0.232. The Morgan fingerprint density at radius 1 is 1.17 bits per heavy atom. The van der Waals surface area contributed by atoms with Gasteiger partial charge in [-0.3, -0.25) is 13.9 Å². The number of anilines is 2. The van der Waals surface area contributed by atoms with Gasteiger partial charge in [0.25, 0.3) is 5.85 Å². The SMILES string of the molecule is CC(C)OC(=O)[C@@H](C)N[P@@](=O)(Oc1cccc2ccccc12)O[C@H]1[C@]2(O)[C@@](C)(F)[C@H](n3cnc4c(N(C)C)nc(N)nc43)O[C@]12F. The van der Waals surface area contributed by atoms with Gasteiger partial charge in [0.15, 0.2) is 40.6 Å². The number of aromatic nitrogens is 4. The molecule has 246 valence electrons. The van der Waals surface area contributed by atoms with Crippen molar-refractivity contribution >= 4 is 47.4 Å². The maximum absolute atomic E-state index is 16.7. The van der Waals surface area contributed by atoms with Crippen molar-refractivity contribution in [1.82, 2.24) is 24.6 Å². The van der Waals surface area contributed by atoms with E-state index in [0.29, 0.717) is 11.2 Å². The second kappa shape index (κ2) is 10.8. The Bertz CT molecular complexity index is 1890. The van der Waals surface area contributed by atoms with E-state index in [0.717, 1.165) is 16.9 Å². The normalized spacial score (nSPS) is 29.0. The number of nitrogens with zero attached hydrogens (tertiary/aromatic N) is 5. The molecule has 0 amide bonds. The van der Waals surface area contributed by atoms with Crippen molar-refractivity contribution < 1.29 is 41.8 Å². The summed E-state index contributed by atoms with van der Waals surface area (Å²) in [6, 6.07) is 10.6. The smallest absolute Gasteiger partial charge is 0.460 e. The molecule has 0 radical (unpaired) electrons. The highest BCUT2D eigenvalue weighted by molar-refractivity contribution is 7.52. The monoisotopic (exact) mass is 661 g/mol. The van der Waals surface area contributed by atoms with Crippen LogP contribution in [0, 0.1) is 0 Å². The second-order valence-electron chi connectivity index (χ2n) is 12.0. The number of esters is 1. The van der Waals surface area contributed by atoms with E-state index in [9.17, 15) is 14.5 Å². The summed E-state index contributed by atoms with van der Waals surface area (Å²) in [5.74, 6) is -3.78. The van der Waals surface area contributed by atoms with Gasteiger partial charge in [-0.2, -0.15) is 15.1 Å². The molecule has 6 rings (SSSR count). The number of halogens is 2. The number of fused-ring (bicyclic) bond motifs is 3. The zero-order valence-electron chi connectivity index (χ0n) is 25.8. The first-order valence-electron chi connectivity index (χ1n) is 14.4. The predicted molar refractivity (Wildman–Crippen MR) is 163 cm³/mol. The number of ether oxygens (including phenoxy) is 2. The highest BCUT2D eigenvalue weighted by Crippen LogP contribution is 2.73. The Morgan fingerprint density at radius 3 is 2.52 bits per heavy atom. The van der Waals surface area contributed by atoms with Crippen LogP contribution in [-0.4, -0.2) is 80.1 Å². The largest absolute Gasteiger partial charge is 0.462 e. The Labute approximate surface area is 262 Å². The molecular weight excluding hydrogens is 627 g/mol. The lowest BCUT2D eigenvalue weighted by Gasteiger charge is -2.31. The molecule has 0 bridgehead atoms. The third-order valence-electron chi connectivity index (χ3n) is 8.01. The Morgan fingerprint density at radius 2 is 1.87 bits per heavy atom. The zero-order chi connectivity index (χ0) is 33.4. The first-order chi connectivity index (χ1) is 21.5. The van der Waals surface area contributed by atoms with E-state index in [1.807, 2.05) is 0 Å². The number of hydrogen-bond donors (Lipinski definition) is 3. The van der Waals surface area contributed by atoms with E-state index in [4.69, 9.17) is 24.3 Å². The molecule has 2 fully saturated rings. The van der Waals surface area contributed by atoms with Crippen molar-refractivity contribution in [2.75, 3.05) is 24.7 Å². The van der Waals surface area contributed by atoms with Gasteiger partial charge in [-0.15, -0.1) is 0 Å². The number of carbonyl (C=O) groups is 1. The van der Waals surface area contributed by atoms with Crippen LogP contribution in [0.1, 0.15) is 33.9 Å². The summed E-state index contributed by atoms with van der Waals surface area (Å²) in [4.78, 5) is 26.8. The Balaban J connectivity index is 1.34. The van der Waals surface area contributed by atoms with Crippen LogP contribution in [0.5, 0.6) is 5.75 Å². The standard InChI is InChI=1S/C29H34F2N7O7P/c1-15(2)42-23(39)16(3)36-46(41,44-19-13-9-11-17-10-7-8-12-18(17)19)45-24-28(40)27(4,30)25(43-29(24,28)31)38-14-33-20-21(37(5)6)34-26(32)35-22(20)38/h7-16,24-25,40H,1-6H3,(H,36,41)(H2,32,34,35)/t16-,24+,25-,27+,28+,29-,46-/m1/s1. The van der Waals surface area contributed by atoms with Crippen LogP contribution in [0.2, 0.25) is 0 Å². The lowest BCUT2D eigenvalue weighted by molar-refractivity contribution is -0.156. The minimum absolute atomic E-state index is 0.0279. The van der Waals surface area contributed by atoms with E-state index in [2.05, 4.69) is 20.0 Å². The molecular formula is C29H34F2N7O7P. The first-order valence-corrected chi connectivity index (χ1v) is 16.0. The molecule has 1 aliphatic heterocycles. The van der Waals surface area contributed by atoms with E-state index in [1.54, 1.807) is 69.2 Å². The number of nitrogen functional groups attached to an aromatic ring is 1. The molecule has 14 nitrogen and oxygen atoms in total. The fourth-order valence-corrected chi connectivity index (χ4v) is 7.40. The number of nitrogens with two attached hydrogens (primary N) is 1. The number of nitrogens with one attached hydrogen (secondary N) is 1. The molecule has 7 atom stereocenters. The summed E-state index contributed by atoms with van der Waals surface area (Å²) >= 11 is 0. The molecule has 2 aliphatic rings. The maximum Gasteiger partial charge on any atom is 0.460 e. The Hall–Kier alpha value is -3.95. The summed E-state index contributed by atoms with van der Waals surface area (Å²) in [5, 5.41) is 15.2. The number of aliphatic hydroxyl groups is 1. The fourth-order valence-electron chi connectivity index (χ4n) is 5.68. The van der Waals surface area contributed by atoms with Crippen LogP contribution >= 0.6 is 7.75 Å². The second-order valence-corrected chi connectivity index (χ2v) is 13.6. The molecule has 2 aromatic carbocycles. The van der Waals surface area contributed by atoms with Gasteiger partial charge in [-0.1, -0.05) is 36.4 Å². The van der Waals surface area contributed by atoms with Gasteiger partial charge in [0, 0.05) is 19.5 Å². The van der Waals surface area contributed by atoms with Gasteiger partial charge >= 0.3 is 13.7 Å². The highest BCUT2D eigenvalue weighted by atomic mass is 31.2. The lowest BCUT2D eigenvalue weighted by atomic mass is 9.97. The molecule has 1 saturated heterocycles. The van der Waals surface area contributed by atoms with Crippen molar-refractivity contribution in [3.63, 3.8) is 0 Å². The van der Waals surface area contributed by atoms with Gasteiger partial charge in [0.05, 0.1) is 12.4 Å². The van der Waals surface area contributed by atoms with Crippen LogP contribution in [0.4, 0.5) is 20.5 Å². The first kappa shape index (κ1) is 32.0. The van der Waals surface area contributed by atoms with E-state index < -0.39 is 55.3 Å². The third-order valence-corrected chi connectivity index (χ3v) is 9.64. The van der Waals surface area contributed by atoms with E-state index >= 15 is 8.78 Å². The zero-order valence-corrected chi connectivity index (χ0v) is 26.7. The van der Waals surface area contributed by atoms with Gasteiger partial charge in [0.1, 0.15) is 11.8 Å². The lowest BCUT2D eigenvalue weighted by Crippen LogP contribution is -2.45. The number of rotatable bonds is 10. The topological polar surface area (TPSA) is 176 Å². The molecule has 17 heteroatoms. The number of alkyl halides is 2. The summed E-state index contributed by atoms with van der Waals surface area (Å²) in [7, 11) is -1.41. The van der Waals surface area contributed by atoms with Crippen LogP contribution in [0.15, 0.2) is 48.8 Å². The molecule has 46 heavy (non-hydrogen) atoms. The van der Waals surface area contributed by atoms with Gasteiger partial charge in [-0.25, -0.2) is 18.3 Å². The van der Waals surface area contributed by atoms with Crippen LogP contribution in [0.3, 0.4) is 0 Å². The summed E-state index contributed by atoms with van der Waals surface area (Å²) in [6.07, 6.45) is -3.29. The average Bonchev–Trinajstić information content (AvgIpc) is 3.21. The number of hydrogen-bond acceptors (Lipinski definition) is 12. The van der Waals surface area contributed by atoms with Crippen molar-refractivity contribution in [2.24, 2.45) is 0 Å². The molecule has 1 saturated carbocycles. The summed E-state index contributed by atoms with van der Waals surface area (Å²) in [6.45, 7) is 5.51. The van der Waals surface area contributed by atoms with Crippen LogP contribution in [0.25, 0.3) is 21.9 Å². The fraction of sp³-hybridized carbons (Fsp3) is 0.448. The molecule has 0 unspecified atom stereocenters. The molecule has 2 aromatic heterocycles. The predicted octanol–water partition coefficient (Wildman–Crippen LogP) is 3.80. The Kier molecular flexibility index (Phi) is 7.52. The van der Waals surface area contributed by atoms with Gasteiger partial charge < -0.3 is 29.7 Å². The minimum Gasteiger partial charge on any atom is -0.462 e. The molecule has 1 aliphatic carbocycles. The van der Waals surface area contributed by atoms with E-state index in [1.165, 1.54) is 19.3 Å². The average molecular weight is 662 g/mol. The quantitative estimate of drug-likeness (QED) is 0.165. The molecule has 0 spiro atoms. The maximum atomic E-state index is 16.7. The summed E-state index contributed by atoms with van der Waals surface area (Å²) < 4.78 is 70.8. The van der Waals surface area contributed by atoms with Crippen molar-refractivity contribution in [3.05, 3.63) is 48.8 Å². The van der Waals surface area contributed by atoms with Crippen molar-refractivity contribution in [2.45, 2.75) is 69.3 Å². The van der Waals surface area contributed by atoms with Crippen LogP contribution in [-0.2, 0) is 23.4 Å². The molecule has 4 N–H and O–H groups in total. The highest BCUT2D eigenvalue weighted by Gasteiger charge is 2.96. The molecule has 3 heterocycles. The van der Waals surface area contributed by atoms with Crippen LogP contribution < -0.4 is 20.2 Å². The molecule has 4 aromatic rings.